The summed E-state index contributed by atoms with van der Waals surface area (Å²) in [7, 11) is -3.75. The number of nitrogens with zero attached hydrogens (tertiary/aromatic N) is 2. The highest BCUT2D eigenvalue weighted by molar-refractivity contribution is 7.93. The molecule has 0 atom stereocenters. The van der Waals surface area contributed by atoms with Crippen LogP contribution in [0.4, 0.5) is 5.69 Å². The van der Waals surface area contributed by atoms with Crippen LogP contribution in [-0.2, 0) is 10.0 Å². The molecule has 0 unspecified atom stereocenters. The summed E-state index contributed by atoms with van der Waals surface area (Å²) in [5, 5.41) is 5.85. The summed E-state index contributed by atoms with van der Waals surface area (Å²) in [6.07, 6.45) is 2.14. The number of thiophene rings is 1. The van der Waals surface area contributed by atoms with E-state index in [0.717, 1.165) is 23.6 Å². The van der Waals surface area contributed by atoms with E-state index >= 15 is 0 Å². The van der Waals surface area contributed by atoms with Crippen molar-refractivity contribution in [2.24, 2.45) is 0 Å². The molecule has 0 saturated heterocycles. The molecule has 6 nitrogen and oxygen atoms in total. The summed E-state index contributed by atoms with van der Waals surface area (Å²) in [4.78, 5) is 6.02. The van der Waals surface area contributed by atoms with Gasteiger partial charge in [0.2, 0.25) is 11.7 Å². The van der Waals surface area contributed by atoms with Gasteiger partial charge in [0.25, 0.3) is 10.0 Å². The third-order valence-corrected chi connectivity index (χ3v) is 7.45. The second-order valence-corrected chi connectivity index (χ2v) is 9.80. The van der Waals surface area contributed by atoms with E-state index in [0.29, 0.717) is 33.1 Å². The molecule has 1 N–H and O–H groups in total. The van der Waals surface area contributed by atoms with Crippen LogP contribution in [-0.4, -0.2) is 18.6 Å². The van der Waals surface area contributed by atoms with Crippen LogP contribution in [0.1, 0.15) is 29.5 Å². The van der Waals surface area contributed by atoms with Crippen molar-refractivity contribution in [2.75, 3.05) is 4.72 Å². The van der Waals surface area contributed by atoms with Crippen molar-refractivity contribution in [1.29, 1.82) is 0 Å². The van der Waals surface area contributed by atoms with E-state index in [-0.39, 0.29) is 4.90 Å². The van der Waals surface area contributed by atoms with Gasteiger partial charge >= 0.3 is 0 Å². The van der Waals surface area contributed by atoms with Crippen molar-refractivity contribution in [3.63, 3.8) is 0 Å². The lowest BCUT2D eigenvalue weighted by Crippen LogP contribution is -2.13. The second-order valence-electron chi connectivity index (χ2n) is 6.89. The molecule has 0 bridgehead atoms. The highest BCUT2D eigenvalue weighted by atomic mass is 32.2. The monoisotopic (exact) mass is 411 g/mol. The minimum absolute atomic E-state index is 0.234. The Morgan fingerprint density at radius 1 is 1.14 bits per heavy atom. The third-order valence-electron chi connectivity index (χ3n) is 4.78. The van der Waals surface area contributed by atoms with Gasteiger partial charge in [0.15, 0.2) is 0 Å². The number of rotatable bonds is 5. The SMILES string of the molecule is Cc1sc(-c2noc(C3CC3)n2)cc1S(=O)(=O)Nc1cccc2ccccc12. The van der Waals surface area contributed by atoms with Gasteiger partial charge in [-0.2, -0.15) is 4.98 Å². The normalized spacial score (nSPS) is 14.5. The molecule has 5 rings (SSSR count). The van der Waals surface area contributed by atoms with E-state index in [1.807, 2.05) is 36.4 Å². The molecule has 1 aliphatic carbocycles. The fraction of sp³-hybridized carbons (Fsp3) is 0.200. The Morgan fingerprint density at radius 2 is 1.93 bits per heavy atom. The van der Waals surface area contributed by atoms with E-state index < -0.39 is 10.0 Å². The molecule has 2 aromatic heterocycles. The number of anilines is 1. The summed E-state index contributed by atoms with van der Waals surface area (Å²) >= 11 is 1.35. The molecule has 2 heterocycles. The Hall–Kier alpha value is -2.71. The van der Waals surface area contributed by atoms with Gasteiger partial charge < -0.3 is 4.52 Å². The van der Waals surface area contributed by atoms with Crippen LogP contribution in [0.15, 0.2) is 57.9 Å². The van der Waals surface area contributed by atoms with Gasteiger partial charge in [0, 0.05) is 16.2 Å². The number of hydrogen-bond acceptors (Lipinski definition) is 6. The van der Waals surface area contributed by atoms with Crippen LogP contribution in [0, 0.1) is 6.92 Å². The standard InChI is InChI=1S/C20H17N3O3S2/c1-12-18(11-17(27-12)19-21-20(26-22-19)14-9-10-14)28(24,25)23-16-8-4-6-13-5-2-3-7-15(13)16/h2-8,11,14,23H,9-10H2,1H3. The van der Waals surface area contributed by atoms with E-state index in [9.17, 15) is 8.42 Å². The van der Waals surface area contributed by atoms with Gasteiger partial charge in [-0.3, -0.25) is 4.72 Å². The van der Waals surface area contributed by atoms with Crippen molar-refractivity contribution in [3.8, 4) is 10.7 Å². The first-order valence-electron chi connectivity index (χ1n) is 8.96. The lowest BCUT2D eigenvalue weighted by Gasteiger charge is -2.10. The first-order chi connectivity index (χ1) is 13.5. The van der Waals surface area contributed by atoms with Gasteiger partial charge in [-0.1, -0.05) is 41.6 Å². The van der Waals surface area contributed by atoms with Crippen LogP contribution in [0.5, 0.6) is 0 Å². The molecule has 2 aromatic carbocycles. The Morgan fingerprint density at radius 3 is 2.75 bits per heavy atom. The third kappa shape index (κ3) is 3.08. The van der Waals surface area contributed by atoms with E-state index in [1.165, 1.54) is 11.3 Å². The number of hydrogen-bond donors (Lipinski definition) is 1. The molecule has 0 radical (unpaired) electrons. The maximum atomic E-state index is 13.1. The van der Waals surface area contributed by atoms with Crippen LogP contribution < -0.4 is 4.72 Å². The molecule has 142 valence electrons. The highest BCUT2D eigenvalue weighted by Gasteiger charge is 2.30. The van der Waals surface area contributed by atoms with Crippen molar-refractivity contribution in [1.82, 2.24) is 10.1 Å². The topological polar surface area (TPSA) is 85.1 Å². The lowest BCUT2D eigenvalue weighted by molar-refractivity contribution is 0.380. The molecule has 0 aliphatic heterocycles. The predicted molar refractivity (Wildman–Crippen MR) is 109 cm³/mol. The average molecular weight is 412 g/mol. The first-order valence-corrected chi connectivity index (χ1v) is 11.3. The summed E-state index contributed by atoms with van der Waals surface area (Å²) in [5.74, 6) is 1.44. The van der Waals surface area contributed by atoms with E-state index in [1.54, 1.807) is 19.1 Å². The van der Waals surface area contributed by atoms with Crippen molar-refractivity contribution >= 4 is 37.8 Å². The molecule has 4 aromatic rings. The fourth-order valence-corrected chi connectivity index (χ4v) is 5.79. The largest absolute Gasteiger partial charge is 0.339 e. The van der Waals surface area contributed by atoms with Gasteiger partial charge in [0.1, 0.15) is 4.90 Å². The summed E-state index contributed by atoms with van der Waals surface area (Å²) in [5.41, 5.74) is 0.556. The zero-order valence-electron chi connectivity index (χ0n) is 15.0. The maximum Gasteiger partial charge on any atom is 0.263 e. The molecule has 0 spiro atoms. The molecule has 1 aliphatic rings. The van der Waals surface area contributed by atoms with Gasteiger partial charge in [0.05, 0.1) is 10.6 Å². The quantitative estimate of drug-likeness (QED) is 0.503. The number of benzene rings is 2. The number of fused-ring (bicyclic) bond motifs is 1. The van der Waals surface area contributed by atoms with Crippen LogP contribution in [0.3, 0.4) is 0 Å². The molecular formula is C20H17N3O3S2. The van der Waals surface area contributed by atoms with Crippen molar-refractivity contribution < 1.29 is 12.9 Å². The minimum atomic E-state index is -3.75. The molecule has 8 heteroatoms. The fourth-order valence-electron chi connectivity index (χ4n) is 3.19. The Balaban J connectivity index is 1.50. The smallest absolute Gasteiger partial charge is 0.263 e. The Kier molecular flexibility index (Phi) is 3.99. The zero-order chi connectivity index (χ0) is 19.3. The number of sulfonamides is 1. The van der Waals surface area contributed by atoms with Gasteiger partial charge in [-0.05, 0) is 37.3 Å². The Labute approximate surface area is 166 Å². The first kappa shape index (κ1) is 17.4. The van der Waals surface area contributed by atoms with Gasteiger partial charge in [-0.25, -0.2) is 8.42 Å². The second kappa shape index (κ2) is 6.42. The van der Waals surface area contributed by atoms with Gasteiger partial charge in [-0.15, -0.1) is 11.3 Å². The average Bonchev–Trinajstić information content (AvgIpc) is 3.27. The molecule has 1 fully saturated rings. The Bertz CT molecular complexity index is 1280. The lowest BCUT2D eigenvalue weighted by atomic mass is 10.1. The summed E-state index contributed by atoms with van der Waals surface area (Å²) in [6, 6.07) is 14.9. The van der Waals surface area contributed by atoms with Crippen molar-refractivity contribution in [3.05, 3.63) is 59.3 Å². The van der Waals surface area contributed by atoms with Crippen molar-refractivity contribution in [2.45, 2.75) is 30.6 Å². The molecule has 0 amide bonds. The molecular weight excluding hydrogens is 394 g/mol. The van der Waals surface area contributed by atoms with E-state index in [4.69, 9.17) is 4.52 Å². The van der Waals surface area contributed by atoms with Crippen LogP contribution in [0.25, 0.3) is 21.5 Å². The zero-order valence-corrected chi connectivity index (χ0v) is 16.7. The molecule has 28 heavy (non-hydrogen) atoms. The van der Waals surface area contributed by atoms with Crippen LogP contribution in [0.2, 0.25) is 0 Å². The number of aryl methyl sites for hydroxylation is 1. The number of aromatic nitrogens is 2. The van der Waals surface area contributed by atoms with E-state index in [2.05, 4.69) is 14.9 Å². The maximum absolute atomic E-state index is 13.1. The minimum Gasteiger partial charge on any atom is -0.339 e. The summed E-state index contributed by atoms with van der Waals surface area (Å²) < 4.78 is 34.2. The predicted octanol–water partition coefficient (Wildman–Crippen LogP) is 4.94. The highest BCUT2D eigenvalue weighted by Crippen LogP contribution is 2.40. The molecule has 1 saturated carbocycles. The van der Waals surface area contributed by atoms with Crippen LogP contribution >= 0.6 is 11.3 Å². The summed E-state index contributed by atoms with van der Waals surface area (Å²) in [6.45, 7) is 1.79. The number of nitrogens with one attached hydrogen (secondary N) is 1.